The van der Waals surface area contributed by atoms with Crippen LogP contribution in [0, 0.1) is 0 Å². The predicted molar refractivity (Wildman–Crippen MR) is 146 cm³/mol. The molecule has 4 aromatic rings. The highest BCUT2D eigenvalue weighted by Crippen LogP contribution is 2.42. The second kappa shape index (κ2) is 10.00. The number of fused-ring (bicyclic) bond motifs is 3. The van der Waals surface area contributed by atoms with Crippen LogP contribution in [-0.4, -0.2) is 41.3 Å². The summed E-state index contributed by atoms with van der Waals surface area (Å²) in [6, 6.07) is 23.6. The minimum Gasteiger partial charge on any atom is -0.356 e. The third-order valence-corrected chi connectivity index (χ3v) is 8.84. The minimum absolute atomic E-state index is 0.0493. The molecule has 2 aromatic carbocycles. The van der Waals surface area contributed by atoms with Crippen LogP contribution in [-0.2, 0) is 23.2 Å². The van der Waals surface area contributed by atoms with Crippen LogP contribution in [0.3, 0.4) is 0 Å². The molecule has 0 saturated heterocycles. The van der Waals surface area contributed by atoms with Gasteiger partial charge in [0.1, 0.15) is 0 Å². The number of hydrogen-bond donors (Lipinski definition) is 1. The van der Waals surface area contributed by atoms with E-state index in [0.717, 1.165) is 37.1 Å². The van der Waals surface area contributed by atoms with Crippen molar-refractivity contribution in [3.05, 3.63) is 93.8 Å². The summed E-state index contributed by atoms with van der Waals surface area (Å²) < 4.78 is 0. The van der Waals surface area contributed by atoms with Gasteiger partial charge in [-0.2, -0.15) is 0 Å². The lowest BCUT2D eigenvalue weighted by Crippen LogP contribution is -2.44. The second-order valence-corrected chi connectivity index (χ2v) is 10.9. The fourth-order valence-electron chi connectivity index (χ4n) is 6.03. The molecular formula is C30H35N3OS. The van der Waals surface area contributed by atoms with E-state index >= 15 is 0 Å². The van der Waals surface area contributed by atoms with E-state index < -0.39 is 0 Å². The Labute approximate surface area is 212 Å². The number of benzene rings is 2. The van der Waals surface area contributed by atoms with Crippen LogP contribution >= 0.6 is 11.3 Å². The lowest BCUT2D eigenvalue weighted by molar-refractivity contribution is -0.133. The molecule has 1 amide bonds. The molecule has 5 rings (SSSR count). The average molecular weight is 486 g/mol. The molecule has 3 heterocycles. The molecule has 35 heavy (non-hydrogen) atoms. The third-order valence-electron chi connectivity index (χ3n) is 7.97. The van der Waals surface area contributed by atoms with Gasteiger partial charge in [-0.15, -0.1) is 11.3 Å². The van der Waals surface area contributed by atoms with Gasteiger partial charge >= 0.3 is 0 Å². The van der Waals surface area contributed by atoms with E-state index in [2.05, 4.69) is 102 Å². The summed E-state index contributed by atoms with van der Waals surface area (Å²) in [6.45, 7) is 3.05. The Morgan fingerprint density at radius 3 is 2.57 bits per heavy atom. The van der Waals surface area contributed by atoms with E-state index in [-0.39, 0.29) is 17.5 Å². The van der Waals surface area contributed by atoms with Crippen molar-refractivity contribution in [3.8, 4) is 0 Å². The number of aromatic nitrogens is 1. The number of nitrogens with zero attached hydrogens (tertiary/aromatic N) is 2. The van der Waals surface area contributed by atoms with E-state index in [0.29, 0.717) is 6.42 Å². The summed E-state index contributed by atoms with van der Waals surface area (Å²) in [6.07, 6.45) is 4.28. The Morgan fingerprint density at radius 1 is 1.09 bits per heavy atom. The predicted octanol–water partition coefficient (Wildman–Crippen LogP) is 6.55. The Kier molecular flexibility index (Phi) is 6.81. The average Bonchev–Trinajstić information content (AvgIpc) is 3.52. The molecule has 2 unspecified atom stereocenters. The number of amides is 1. The van der Waals surface area contributed by atoms with Crippen LogP contribution in [0.25, 0.3) is 10.9 Å². The number of carbonyl (C=O) groups is 1. The van der Waals surface area contributed by atoms with Gasteiger partial charge in [0.05, 0.1) is 12.5 Å². The van der Waals surface area contributed by atoms with E-state index in [1.165, 1.54) is 27.7 Å². The molecular weight excluding hydrogens is 450 g/mol. The Bertz CT molecular complexity index is 1280. The SMILES string of the molecule is CCC(CCC1c2[nH]c3ccccc3c2CCN1C(=O)Cc1cccs1)(c1ccccc1)N(C)C. The summed E-state index contributed by atoms with van der Waals surface area (Å²) in [5.74, 6) is 0.230. The zero-order valence-corrected chi connectivity index (χ0v) is 21.8. The van der Waals surface area contributed by atoms with Crippen molar-refractivity contribution in [3.63, 3.8) is 0 Å². The number of aromatic amines is 1. The molecule has 2 aromatic heterocycles. The second-order valence-electron chi connectivity index (χ2n) is 9.86. The van der Waals surface area contributed by atoms with Gasteiger partial charge in [0, 0.05) is 33.6 Å². The molecule has 2 atom stereocenters. The summed E-state index contributed by atoms with van der Waals surface area (Å²) in [5, 5.41) is 3.36. The molecule has 1 N–H and O–H groups in total. The molecule has 0 saturated carbocycles. The van der Waals surface area contributed by atoms with Crippen molar-refractivity contribution in [2.45, 2.75) is 50.6 Å². The van der Waals surface area contributed by atoms with Crippen LogP contribution in [0.15, 0.2) is 72.1 Å². The van der Waals surface area contributed by atoms with Gasteiger partial charge in [-0.25, -0.2) is 0 Å². The molecule has 5 heteroatoms. The van der Waals surface area contributed by atoms with E-state index in [1.807, 2.05) is 6.07 Å². The zero-order chi connectivity index (χ0) is 24.4. The maximum absolute atomic E-state index is 13.6. The van der Waals surface area contributed by atoms with Gasteiger partial charge in [-0.05, 0) is 68.4 Å². The Hall–Kier alpha value is -2.89. The first-order valence-electron chi connectivity index (χ1n) is 12.7. The summed E-state index contributed by atoms with van der Waals surface area (Å²) in [7, 11) is 4.37. The van der Waals surface area contributed by atoms with Gasteiger partial charge in [-0.3, -0.25) is 9.69 Å². The molecule has 0 bridgehead atoms. The van der Waals surface area contributed by atoms with Crippen LogP contribution in [0.2, 0.25) is 0 Å². The van der Waals surface area contributed by atoms with E-state index in [9.17, 15) is 4.79 Å². The Balaban J connectivity index is 1.51. The molecule has 1 aliphatic rings. The standard InChI is InChI=1S/C30H35N3OS/c1-4-30(32(2)3,22-11-6-5-7-12-22)18-16-27-29-25(24-14-8-9-15-26(24)31-29)17-19-33(27)28(34)21-23-13-10-20-35-23/h5-15,20,27,31H,4,16-19,21H2,1-3H3. The van der Waals surface area contributed by atoms with Crippen molar-refractivity contribution >= 4 is 28.1 Å². The van der Waals surface area contributed by atoms with Gasteiger partial charge in [0.15, 0.2) is 0 Å². The van der Waals surface area contributed by atoms with Gasteiger partial charge in [0.2, 0.25) is 5.91 Å². The van der Waals surface area contributed by atoms with Gasteiger partial charge in [-0.1, -0.05) is 61.5 Å². The molecule has 4 nitrogen and oxygen atoms in total. The first-order valence-corrected chi connectivity index (χ1v) is 13.6. The van der Waals surface area contributed by atoms with Crippen LogP contribution in [0.1, 0.15) is 53.9 Å². The minimum atomic E-state index is -0.0760. The molecule has 0 aliphatic carbocycles. The monoisotopic (exact) mass is 485 g/mol. The fraction of sp³-hybridized carbons (Fsp3) is 0.367. The number of para-hydroxylation sites is 1. The molecule has 182 valence electrons. The zero-order valence-electron chi connectivity index (χ0n) is 21.0. The lowest BCUT2D eigenvalue weighted by atomic mass is 9.79. The van der Waals surface area contributed by atoms with Crippen LogP contribution in [0.4, 0.5) is 0 Å². The Morgan fingerprint density at radius 2 is 1.86 bits per heavy atom. The summed E-state index contributed by atoms with van der Waals surface area (Å²) in [5.41, 5.74) is 5.06. The molecule has 0 spiro atoms. The van der Waals surface area contributed by atoms with Crippen molar-refractivity contribution in [2.24, 2.45) is 0 Å². The first kappa shape index (κ1) is 23.8. The van der Waals surface area contributed by atoms with Crippen molar-refractivity contribution in [1.82, 2.24) is 14.8 Å². The number of hydrogen-bond acceptors (Lipinski definition) is 3. The fourth-order valence-corrected chi connectivity index (χ4v) is 6.72. The topological polar surface area (TPSA) is 39.3 Å². The largest absolute Gasteiger partial charge is 0.356 e. The number of H-pyrrole nitrogens is 1. The van der Waals surface area contributed by atoms with Crippen molar-refractivity contribution in [2.75, 3.05) is 20.6 Å². The maximum Gasteiger partial charge on any atom is 0.228 e. The number of carbonyl (C=O) groups excluding carboxylic acids is 1. The molecule has 1 aliphatic heterocycles. The highest BCUT2D eigenvalue weighted by Gasteiger charge is 2.38. The van der Waals surface area contributed by atoms with Crippen molar-refractivity contribution < 1.29 is 4.79 Å². The number of rotatable bonds is 8. The number of nitrogens with one attached hydrogen (secondary N) is 1. The highest BCUT2D eigenvalue weighted by atomic mass is 32.1. The third kappa shape index (κ3) is 4.43. The van der Waals surface area contributed by atoms with Crippen molar-refractivity contribution in [1.29, 1.82) is 0 Å². The van der Waals surface area contributed by atoms with E-state index in [4.69, 9.17) is 0 Å². The van der Waals surface area contributed by atoms with Crippen LogP contribution in [0.5, 0.6) is 0 Å². The lowest BCUT2D eigenvalue weighted by Gasteiger charge is -2.43. The maximum atomic E-state index is 13.6. The van der Waals surface area contributed by atoms with Gasteiger partial charge in [0.25, 0.3) is 0 Å². The van der Waals surface area contributed by atoms with E-state index in [1.54, 1.807) is 11.3 Å². The number of thiophene rings is 1. The molecule has 0 fully saturated rings. The highest BCUT2D eigenvalue weighted by molar-refractivity contribution is 7.10. The summed E-state index contributed by atoms with van der Waals surface area (Å²) in [4.78, 5) is 23.0. The molecule has 0 radical (unpaired) electrons. The van der Waals surface area contributed by atoms with Gasteiger partial charge < -0.3 is 9.88 Å². The first-order chi connectivity index (χ1) is 17.0. The quantitative estimate of drug-likeness (QED) is 0.308. The smallest absolute Gasteiger partial charge is 0.228 e. The normalized spacial score (nSPS) is 17.5. The summed E-state index contributed by atoms with van der Waals surface area (Å²) >= 11 is 1.67. The van der Waals surface area contributed by atoms with Crippen LogP contribution < -0.4 is 0 Å².